The van der Waals surface area contributed by atoms with Crippen LogP contribution in [-0.2, 0) is 9.57 Å². The molecule has 4 heteroatoms. The average molecular weight is 159 g/mol. The molecule has 0 unspecified atom stereocenters. The van der Waals surface area contributed by atoms with E-state index in [-0.39, 0.29) is 12.9 Å². The van der Waals surface area contributed by atoms with Gasteiger partial charge in [0.1, 0.15) is 0 Å². The van der Waals surface area contributed by atoms with Crippen LogP contribution < -0.4 is 0 Å². The van der Waals surface area contributed by atoms with Crippen LogP contribution in [0.1, 0.15) is 26.2 Å². The molecule has 4 nitrogen and oxygen atoms in total. The van der Waals surface area contributed by atoms with Gasteiger partial charge in [0, 0.05) is 0 Å². The Labute approximate surface area is 66.0 Å². The van der Waals surface area contributed by atoms with E-state index in [4.69, 9.17) is 4.84 Å². The summed E-state index contributed by atoms with van der Waals surface area (Å²) in [6, 6.07) is 0. The van der Waals surface area contributed by atoms with Crippen molar-refractivity contribution in [2.45, 2.75) is 26.2 Å². The zero-order valence-corrected chi connectivity index (χ0v) is 6.71. The van der Waals surface area contributed by atoms with Gasteiger partial charge < -0.3 is 4.74 Å². The predicted molar refractivity (Wildman–Crippen MR) is 38.7 cm³/mol. The summed E-state index contributed by atoms with van der Waals surface area (Å²) in [7, 11) is 0. The monoisotopic (exact) mass is 159 g/mol. The van der Waals surface area contributed by atoms with Crippen molar-refractivity contribution in [3.05, 3.63) is 0 Å². The van der Waals surface area contributed by atoms with Crippen molar-refractivity contribution in [2.24, 2.45) is 0 Å². The summed E-state index contributed by atoms with van der Waals surface area (Å²) in [6.07, 6.45) is 2.88. The molecule has 1 fully saturated rings. The third kappa shape index (κ3) is 2.38. The second-order valence-electron chi connectivity index (χ2n) is 2.47. The third-order valence-corrected chi connectivity index (χ3v) is 1.56. The molecule has 0 N–H and O–H groups in total. The highest BCUT2D eigenvalue weighted by Gasteiger charge is 2.21. The molecule has 0 saturated carbocycles. The number of ether oxygens (including phenoxy) is 1. The minimum Gasteiger partial charge on any atom is -0.418 e. The summed E-state index contributed by atoms with van der Waals surface area (Å²) in [5.41, 5.74) is 0. The van der Waals surface area contributed by atoms with E-state index in [1.807, 2.05) is 0 Å². The minimum atomic E-state index is -0.360. The molecule has 1 saturated heterocycles. The van der Waals surface area contributed by atoms with Crippen LogP contribution in [0.25, 0.3) is 0 Å². The molecular formula is C7H13NO3. The van der Waals surface area contributed by atoms with E-state index in [9.17, 15) is 4.79 Å². The minimum absolute atomic E-state index is 0.0744. The molecule has 1 aliphatic heterocycles. The predicted octanol–water partition coefficient (Wildman–Crippen LogP) is 1.52. The van der Waals surface area contributed by atoms with Crippen molar-refractivity contribution >= 4 is 6.09 Å². The molecule has 0 spiro atoms. The van der Waals surface area contributed by atoms with Crippen LogP contribution in [0.4, 0.5) is 4.79 Å². The molecule has 1 amide bonds. The van der Waals surface area contributed by atoms with Crippen LogP contribution in [0.15, 0.2) is 0 Å². The second-order valence-corrected chi connectivity index (χ2v) is 2.47. The van der Waals surface area contributed by atoms with Crippen LogP contribution >= 0.6 is 0 Å². The summed E-state index contributed by atoms with van der Waals surface area (Å²) in [4.78, 5) is 15.6. The SMILES string of the molecule is CCCCCN1OCOC1=O. The molecule has 0 aromatic heterocycles. The number of unbranched alkanes of at least 4 members (excludes halogenated alkanes) is 2. The Balaban J connectivity index is 2.10. The van der Waals surface area contributed by atoms with Gasteiger partial charge in [0.05, 0.1) is 6.54 Å². The molecule has 1 rings (SSSR count). The first-order valence-electron chi connectivity index (χ1n) is 3.92. The Morgan fingerprint density at radius 2 is 2.36 bits per heavy atom. The number of hydroxylamine groups is 2. The molecule has 0 aliphatic carbocycles. The average Bonchev–Trinajstić information content (AvgIpc) is 2.37. The van der Waals surface area contributed by atoms with Gasteiger partial charge in [-0.3, -0.25) is 0 Å². The van der Waals surface area contributed by atoms with Crippen molar-refractivity contribution in [1.82, 2.24) is 5.06 Å². The Hall–Kier alpha value is -0.770. The maximum atomic E-state index is 10.7. The van der Waals surface area contributed by atoms with E-state index in [2.05, 4.69) is 11.7 Å². The van der Waals surface area contributed by atoms with Crippen LogP contribution in [0.5, 0.6) is 0 Å². The fourth-order valence-corrected chi connectivity index (χ4v) is 0.926. The largest absolute Gasteiger partial charge is 0.436 e. The topological polar surface area (TPSA) is 38.8 Å². The van der Waals surface area contributed by atoms with Gasteiger partial charge in [0.25, 0.3) is 0 Å². The number of cyclic esters (lactones) is 1. The summed E-state index contributed by atoms with van der Waals surface area (Å²) >= 11 is 0. The quantitative estimate of drug-likeness (QED) is 0.584. The van der Waals surface area contributed by atoms with E-state index in [1.165, 1.54) is 5.06 Å². The smallest absolute Gasteiger partial charge is 0.418 e. The van der Waals surface area contributed by atoms with Gasteiger partial charge in [0.15, 0.2) is 0 Å². The molecule has 11 heavy (non-hydrogen) atoms. The summed E-state index contributed by atoms with van der Waals surface area (Å²) in [6.45, 7) is 2.83. The fourth-order valence-electron chi connectivity index (χ4n) is 0.926. The van der Waals surface area contributed by atoms with E-state index in [0.29, 0.717) is 6.54 Å². The van der Waals surface area contributed by atoms with E-state index in [0.717, 1.165) is 19.3 Å². The maximum absolute atomic E-state index is 10.7. The van der Waals surface area contributed by atoms with Crippen molar-refractivity contribution < 1.29 is 14.4 Å². The molecule has 0 aromatic carbocycles. The van der Waals surface area contributed by atoms with Crippen LogP contribution in [0.2, 0.25) is 0 Å². The van der Waals surface area contributed by atoms with Crippen molar-refractivity contribution in [3.8, 4) is 0 Å². The van der Waals surface area contributed by atoms with Crippen LogP contribution in [0, 0.1) is 0 Å². The van der Waals surface area contributed by atoms with Crippen molar-refractivity contribution in [2.75, 3.05) is 13.3 Å². The second kappa shape index (κ2) is 4.18. The first-order chi connectivity index (χ1) is 5.34. The molecule has 1 aliphatic rings. The maximum Gasteiger partial charge on any atom is 0.436 e. The van der Waals surface area contributed by atoms with Gasteiger partial charge >= 0.3 is 6.09 Å². The Kier molecular flexibility index (Phi) is 3.16. The molecule has 64 valence electrons. The highest BCUT2D eigenvalue weighted by molar-refractivity contribution is 5.67. The molecule has 0 radical (unpaired) electrons. The van der Waals surface area contributed by atoms with Crippen molar-refractivity contribution in [3.63, 3.8) is 0 Å². The molecule has 0 atom stereocenters. The van der Waals surface area contributed by atoms with E-state index >= 15 is 0 Å². The summed E-state index contributed by atoms with van der Waals surface area (Å²) in [5.74, 6) is 0. The summed E-state index contributed by atoms with van der Waals surface area (Å²) < 4.78 is 4.56. The van der Waals surface area contributed by atoms with Crippen LogP contribution in [0.3, 0.4) is 0 Å². The lowest BCUT2D eigenvalue weighted by Gasteiger charge is -2.08. The lowest BCUT2D eigenvalue weighted by molar-refractivity contribution is -0.0973. The van der Waals surface area contributed by atoms with Gasteiger partial charge in [-0.15, -0.1) is 0 Å². The first-order valence-corrected chi connectivity index (χ1v) is 3.92. The molecule has 1 heterocycles. The number of hydrogen-bond donors (Lipinski definition) is 0. The van der Waals surface area contributed by atoms with Crippen LogP contribution in [-0.4, -0.2) is 24.5 Å². The van der Waals surface area contributed by atoms with Gasteiger partial charge in [-0.2, -0.15) is 5.06 Å². The fraction of sp³-hybridized carbons (Fsp3) is 0.857. The van der Waals surface area contributed by atoms with Gasteiger partial charge in [-0.05, 0) is 6.42 Å². The van der Waals surface area contributed by atoms with Gasteiger partial charge in [-0.1, -0.05) is 19.8 Å². The highest BCUT2D eigenvalue weighted by atomic mass is 16.9. The summed E-state index contributed by atoms with van der Waals surface area (Å²) in [5, 5.41) is 1.27. The Morgan fingerprint density at radius 3 is 2.91 bits per heavy atom. The molecule has 0 aromatic rings. The first kappa shape index (κ1) is 8.33. The third-order valence-electron chi connectivity index (χ3n) is 1.56. The number of nitrogens with zero attached hydrogens (tertiary/aromatic N) is 1. The molecule has 0 bridgehead atoms. The normalized spacial score (nSPS) is 17.2. The standard InChI is InChI=1S/C7H13NO3/c1-2-3-4-5-8-7(9)10-6-11-8/h2-6H2,1H3. The lowest BCUT2D eigenvalue weighted by atomic mass is 10.2. The zero-order valence-electron chi connectivity index (χ0n) is 6.71. The Bertz CT molecular complexity index is 138. The molecular weight excluding hydrogens is 146 g/mol. The zero-order chi connectivity index (χ0) is 8.10. The van der Waals surface area contributed by atoms with E-state index < -0.39 is 0 Å². The van der Waals surface area contributed by atoms with Gasteiger partial charge in [0.2, 0.25) is 6.79 Å². The number of hydrogen-bond acceptors (Lipinski definition) is 3. The highest BCUT2D eigenvalue weighted by Crippen LogP contribution is 2.06. The van der Waals surface area contributed by atoms with Crippen molar-refractivity contribution in [1.29, 1.82) is 0 Å². The Morgan fingerprint density at radius 1 is 1.55 bits per heavy atom. The van der Waals surface area contributed by atoms with E-state index in [1.54, 1.807) is 0 Å². The number of carbonyl (C=O) groups excluding carboxylic acids is 1. The number of rotatable bonds is 4. The van der Waals surface area contributed by atoms with Gasteiger partial charge in [-0.25, -0.2) is 9.63 Å². The number of carbonyl (C=O) groups is 1. The lowest BCUT2D eigenvalue weighted by Crippen LogP contribution is -2.23. The number of amides is 1.